The average Bonchev–Trinajstić information content (AvgIpc) is 2.41. The Hall–Kier alpha value is -1.33. The lowest BCUT2D eigenvalue weighted by molar-refractivity contribution is -0.113. The molecule has 98 valence electrons. The van der Waals surface area contributed by atoms with Gasteiger partial charge in [-0.1, -0.05) is 18.2 Å². The number of halogens is 2. The number of benzene rings is 2. The van der Waals surface area contributed by atoms with Crippen LogP contribution in [-0.4, -0.2) is 11.7 Å². The Bertz CT molecular complexity index is 577. The van der Waals surface area contributed by atoms with E-state index in [2.05, 4.69) is 21.2 Å². The number of carbonyl (C=O) groups is 1. The highest BCUT2D eigenvalue weighted by Crippen LogP contribution is 2.24. The fraction of sp³-hybridized carbons (Fsp3) is 0.0714. The third-order valence-corrected chi connectivity index (χ3v) is 3.99. The second-order valence-corrected chi connectivity index (χ2v) is 5.68. The third kappa shape index (κ3) is 4.36. The zero-order chi connectivity index (χ0) is 13.7. The van der Waals surface area contributed by atoms with Crippen LogP contribution in [-0.2, 0) is 4.79 Å². The number of hydrogen-bond acceptors (Lipinski definition) is 2. The highest BCUT2D eigenvalue weighted by atomic mass is 79.9. The van der Waals surface area contributed by atoms with Crippen molar-refractivity contribution >= 4 is 39.3 Å². The minimum Gasteiger partial charge on any atom is -0.324 e. The van der Waals surface area contributed by atoms with Gasteiger partial charge >= 0.3 is 0 Å². The number of anilines is 1. The number of carbonyl (C=O) groups excluding carboxylic acids is 1. The second-order valence-electron chi connectivity index (χ2n) is 3.77. The van der Waals surface area contributed by atoms with Gasteiger partial charge in [-0.15, -0.1) is 11.8 Å². The van der Waals surface area contributed by atoms with E-state index in [1.807, 2.05) is 30.3 Å². The van der Waals surface area contributed by atoms with E-state index >= 15 is 0 Å². The van der Waals surface area contributed by atoms with Crippen molar-refractivity contribution < 1.29 is 9.18 Å². The van der Waals surface area contributed by atoms with Gasteiger partial charge in [0.2, 0.25) is 5.91 Å². The lowest BCUT2D eigenvalue weighted by atomic mass is 10.3. The van der Waals surface area contributed by atoms with Crippen LogP contribution in [0.15, 0.2) is 57.9 Å². The van der Waals surface area contributed by atoms with Crippen molar-refractivity contribution in [3.8, 4) is 0 Å². The van der Waals surface area contributed by atoms with Gasteiger partial charge in [-0.25, -0.2) is 4.39 Å². The van der Waals surface area contributed by atoms with Gasteiger partial charge in [0.25, 0.3) is 0 Å². The minimum absolute atomic E-state index is 0.124. The van der Waals surface area contributed by atoms with Crippen LogP contribution in [0, 0.1) is 5.82 Å². The van der Waals surface area contributed by atoms with E-state index in [4.69, 9.17) is 0 Å². The van der Waals surface area contributed by atoms with Gasteiger partial charge in [-0.3, -0.25) is 4.79 Å². The molecule has 0 aromatic heterocycles. The molecular weight excluding hydrogens is 329 g/mol. The summed E-state index contributed by atoms with van der Waals surface area (Å²) in [5.74, 6) is -0.155. The van der Waals surface area contributed by atoms with Gasteiger partial charge in [-0.2, -0.15) is 0 Å². The first kappa shape index (κ1) is 14.1. The normalized spacial score (nSPS) is 10.2. The largest absolute Gasteiger partial charge is 0.324 e. The van der Waals surface area contributed by atoms with Crippen LogP contribution in [0.2, 0.25) is 0 Å². The van der Waals surface area contributed by atoms with Gasteiger partial charge in [0, 0.05) is 9.37 Å². The molecule has 2 aromatic rings. The molecule has 19 heavy (non-hydrogen) atoms. The molecule has 5 heteroatoms. The molecule has 0 radical (unpaired) electrons. The molecule has 2 nitrogen and oxygen atoms in total. The van der Waals surface area contributed by atoms with Crippen molar-refractivity contribution in [3.05, 3.63) is 58.8 Å². The van der Waals surface area contributed by atoms with Gasteiger partial charge < -0.3 is 5.32 Å². The number of hydrogen-bond donors (Lipinski definition) is 1. The summed E-state index contributed by atoms with van der Waals surface area (Å²) in [6.07, 6.45) is 0. The maximum atomic E-state index is 12.9. The predicted molar refractivity (Wildman–Crippen MR) is 79.9 cm³/mol. The number of nitrogens with one attached hydrogen (secondary N) is 1. The van der Waals surface area contributed by atoms with E-state index in [1.54, 1.807) is 0 Å². The van der Waals surface area contributed by atoms with Crippen molar-refractivity contribution in [2.45, 2.75) is 4.90 Å². The van der Waals surface area contributed by atoms with Crippen molar-refractivity contribution in [2.24, 2.45) is 0 Å². The summed E-state index contributed by atoms with van der Waals surface area (Å²) in [4.78, 5) is 12.8. The van der Waals surface area contributed by atoms with Crippen molar-refractivity contribution in [2.75, 3.05) is 11.1 Å². The minimum atomic E-state index is -0.344. The van der Waals surface area contributed by atoms with Crippen molar-refractivity contribution in [1.29, 1.82) is 0 Å². The first-order chi connectivity index (χ1) is 9.15. The Morgan fingerprint density at radius 2 is 1.95 bits per heavy atom. The van der Waals surface area contributed by atoms with E-state index in [-0.39, 0.29) is 11.7 Å². The molecule has 2 aromatic carbocycles. The van der Waals surface area contributed by atoms with E-state index in [1.165, 1.54) is 30.0 Å². The Labute approximate surface area is 123 Å². The Kier molecular flexibility index (Phi) is 4.99. The number of amides is 1. The molecule has 0 saturated heterocycles. The molecule has 2 rings (SSSR count). The van der Waals surface area contributed by atoms with Crippen LogP contribution in [0.4, 0.5) is 10.1 Å². The highest BCUT2D eigenvalue weighted by Gasteiger charge is 2.07. The van der Waals surface area contributed by atoms with E-state index in [0.717, 1.165) is 4.90 Å². The average molecular weight is 340 g/mol. The molecule has 0 heterocycles. The standard InChI is InChI=1S/C14H11BrFNOS/c15-12-8-10(16)6-7-13(12)17-14(18)9-19-11-4-2-1-3-5-11/h1-8H,9H2,(H,17,18). The molecule has 0 aliphatic rings. The summed E-state index contributed by atoms with van der Waals surface area (Å²) >= 11 is 4.67. The van der Waals surface area contributed by atoms with Crippen molar-refractivity contribution in [1.82, 2.24) is 0 Å². The smallest absolute Gasteiger partial charge is 0.234 e. The lowest BCUT2D eigenvalue weighted by Crippen LogP contribution is -2.14. The highest BCUT2D eigenvalue weighted by molar-refractivity contribution is 9.10. The fourth-order valence-corrected chi connectivity index (χ4v) is 2.61. The van der Waals surface area contributed by atoms with Crippen LogP contribution in [0.3, 0.4) is 0 Å². The third-order valence-electron chi connectivity index (χ3n) is 2.32. The summed E-state index contributed by atoms with van der Waals surface area (Å²) < 4.78 is 13.4. The molecule has 0 aliphatic carbocycles. The monoisotopic (exact) mass is 339 g/mol. The first-order valence-electron chi connectivity index (χ1n) is 5.58. The molecule has 0 bridgehead atoms. The molecular formula is C14H11BrFNOS. The molecule has 1 N–H and O–H groups in total. The summed E-state index contributed by atoms with van der Waals surface area (Å²) in [5, 5.41) is 2.73. The lowest BCUT2D eigenvalue weighted by Gasteiger charge is -2.07. The van der Waals surface area contributed by atoms with Gasteiger partial charge in [0.1, 0.15) is 5.82 Å². The van der Waals surface area contributed by atoms with Gasteiger partial charge in [-0.05, 0) is 46.3 Å². The van der Waals surface area contributed by atoms with Gasteiger partial charge in [0.05, 0.1) is 11.4 Å². The van der Waals surface area contributed by atoms with Crippen LogP contribution in [0.1, 0.15) is 0 Å². The Balaban J connectivity index is 1.91. The predicted octanol–water partition coefficient (Wildman–Crippen LogP) is 4.32. The molecule has 0 unspecified atom stereocenters. The fourth-order valence-electron chi connectivity index (χ4n) is 1.44. The molecule has 0 spiro atoms. The first-order valence-corrected chi connectivity index (χ1v) is 7.36. The van der Waals surface area contributed by atoms with Crippen LogP contribution in [0.5, 0.6) is 0 Å². The topological polar surface area (TPSA) is 29.1 Å². The van der Waals surface area contributed by atoms with Crippen molar-refractivity contribution in [3.63, 3.8) is 0 Å². The molecule has 0 fully saturated rings. The van der Waals surface area contributed by atoms with E-state index in [0.29, 0.717) is 15.9 Å². The summed E-state index contributed by atoms with van der Waals surface area (Å²) in [6.45, 7) is 0. The van der Waals surface area contributed by atoms with Gasteiger partial charge in [0.15, 0.2) is 0 Å². The summed E-state index contributed by atoms with van der Waals surface area (Å²) in [5.41, 5.74) is 0.570. The SMILES string of the molecule is O=C(CSc1ccccc1)Nc1ccc(F)cc1Br. The summed E-state index contributed by atoms with van der Waals surface area (Å²) in [6, 6.07) is 13.8. The molecule has 0 atom stereocenters. The molecule has 1 amide bonds. The van der Waals surface area contributed by atoms with Crippen LogP contribution in [0.25, 0.3) is 0 Å². The summed E-state index contributed by atoms with van der Waals surface area (Å²) in [7, 11) is 0. The number of rotatable bonds is 4. The van der Waals surface area contributed by atoms with Crippen LogP contribution >= 0.6 is 27.7 Å². The zero-order valence-electron chi connectivity index (χ0n) is 9.90. The molecule has 0 saturated carbocycles. The zero-order valence-corrected chi connectivity index (χ0v) is 12.3. The second kappa shape index (κ2) is 6.73. The van der Waals surface area contributed by atoms with Crippen LogP contribution < -0.4 is 5.32 Å². The maximum absolute atomic E-state index is 12.9. The Morgan fingerprint density at radius 1 is 1.21 bits per heavy atom. The quantitative estimate of drug-likeness (QED) is 0.840. The number of thioether (sulfide) groups is 1. The van der Waals surface area contributed by atoms with E-state index in [9.17, 15) is 9.18 Å². The van der Waals surface area contributed by atoms with E-state index < -0.39 is 0 Å². The molecule has 0 aliphatic heterocycles. The Morgan fingerprint density at radius 3 is 2.63 bits per heavy atom. The maximum Gasteiger partial charge on any atom is 0.234 e.